The van der Waals surface area contributed by atoms with Gasteiger partial charge in [0.2, 0.25) is 0 Å². The van der Waals surface area contributed by atoms with Crippen molar-refractivity contribution in [3.8, 4) is 0 Å². The van der Waals surface area contributed by atoms with E-state index in [1.54, 1.807) is 0 Å². The van der Waals surface area contributed by atoms with Crippen molar-refractivity contribution in [3.63, 3.8) is 0 Å². The van der Waals surface area contributed by atoms with Crippen LogP contribution in [0.4, 0.5) is 0 Å². The first kappa shape index (κ1) is 20.4. The molecular formula is C22H26IN5. The topological polar surface area (TPSA) is 45.5 Å². The molecule has 0 aliphatic carbocycles. The van der Waals surface area contributed by atoms with Crippen LogP contribution in [0.15, 0.2) is 72.2 Å². The molecule has 0 spiro atoms. The number of halogens is 1. The second-order valence-corrected chi connectivity index (χ2v) is 6.89. The zero-order valence-electron chi connectivity index (χ0n) is 16.1. The monoisotopic (exact) mass is 487 g/mol. The largest absolute Gasteiger partial charge is 0.352 e. The molecule has 1 aromatic heterocycles. The molecule has 0 saturated heterocycles. The van der Waals surface area contributed by atoms with Crippen LogP contribution in [0.5, 0.6) is 0 Å². The average Bonchev–Trinajstić information content (AvgIpc) is 3.22. The van der Waals surface area contributed by atoms with Crippen LogP contribution in [0.3, 0.4) is 0 Å². The fraction of sp³-hybridized carbons (Fsp3) is 0.273. The van der Waals surface area contributed by atoms with Gasteiger partial charge in [0, 0.05) is 45.6 Å². The fourth-order valence-corrected chi connectivity index (χ4v) is 3.54. The first-order valence-electron chi connectivity index (χ1n) is 9.38. The Balaban J connectivity index is 0.00000225. The van der Waals surface area contributed by atoms with Gasteiger partial charge in [-0.15, -0.1) is 24.0 Å². The van der Waals surface area contributed by atoms with Crippen molar-refractivity contribution in [1.29, 1.82) is 0 Å². The third-order valence-corrected chi connectivity index (χ3v) is 5.04. The highest BCUT2D eigenvalue weighted by atomic mass is 127. The summed E-state index contributed by atoms with van der Waals surface area (Å²) in [5.74, 6) is 0.965. The zero-order chi connectivity index (χ0) is 18.5. The molecule has 0 radical (unpaired) electrons. The van der Waals surface area contributed by atoms with E-state index in [0.29, 0.717) is 0 Å². The third kappa shape index (κ3) is 4.92. The van der Waals surface area contributed by atoms with Crippen molar-refractivity contribution < 1.29 is 0 Å². The molecule has 1 aliphatic rings. The molecule has 1 N–H and O–H groups in total. The van der Waals surface area contributed by atoms with Crippen LogP contribution in [-0.2, 0) is 26.1 Å². The molecule has 2 heterocycles. The first-order valence-corrected chi connectivity index (χ1v) is 9.38. The molecule has 0 amide bonds. The molecule has 1 aliphatic heterocycles. The van der Waals surface area contributed by atoms with E-state index in [2.05, 4.69) is 73.3 Å². The molecule has 0 bridgehead atoms. The lowest BCUT2D eigenvalue weighted by Crippen LogP contribution is -2.43. The number of guanidine groups is 1. The van der Waals surface area contributed by atoms with E-state index < -0.39 is 0 Å². The van der Waals surface area contributed by atoms with E-state index in [0.717, 1.165) is 38.6 Å². The molecule has 146 valence electrons. The highest BCUT2D eigenvalue weighted by Gasteiger charge is 2.18. The van der Waals surface area contributed by atoms with Crippen LogP contribution in [-0.4, -0.2) is 34.0 Å². The molecule has 0 fully saturated rings. The summed E-state index contributed by atoms with van der Waals surface area (Å²) in [7, 11) is 1.86. The van der Waals surface area contributed by atoms with Crippen LogP contribution in [0.2, 0.25) is 0 Å². The van der Waals surface area contributed by atoms with Crippen LogP contribution >= 0.6 is 24.0 Å². The number of hydrogen-bond acceptors (Lipinski definition) is 2. The Kier molecular flexibility index (Phi) is 7.08. The Morgan fingerprint density at radius 2 is 1.82 bits per heavy atom. The van der Waals surface area contributed by atoms with E-state index in [-0.39, 0.29) is 24.0 Å². The maximum atomic E-state index is 4.49. The van der Waals surface area contributed by atoms with Gasteiger partial charge in [-0.25, -0.2) is 4.98 Å². The van der Waals surface area contributed by atoms with Gasteiger partial charge in [-0.05, 0) is 28.7 Å². The van der Waals surface area contributed by atoms with Gasteiger partial charge < -0.3 is 14.8 Å². The molecule has 2 aromatic carbocycles. The minimum atomic E-state index is 0. The van der Waals surface area contributed by atoms with E-state index in [1.807, 2.05) is 25.8 Å². The normalized spacial score (nSPS) is 13.6. The van der Waals surface area contributed by atoms with Crippen molar-refractivity contribution in [2.75, 3.05) is 13.6 Å². The minimum Gasteiger partial charge on any atom is -0.352 e. The predicted molar refractivity (Wildman–Crippen MR) is 124 cm³/mol. The lowest BCUT2D eigenvalue weighted by Gasteiger charge is -2.31. The molecular weight excluding hydrogens is 461 g/mol. The zero-order valence-corrected chi connectivity index (χ0v) is 18.4. The quantitative estimate of drug-likeness (QED) is 0.347. The number of aliphatic imine (C=N–C) groups is 1. The van der Waals surface area contributed by atoms with E-state index in [4.69, 9.17) is 0 Å². The van der Waals surface area contributed by atoms with Gasteiger partial charge in [-0.1, -0.05) is 48.5 Å². The minimum absolute atomic E-state index is 0. The summed E-state index contributed by atoms with van der Waals surface area (Å²) in [5.41, 5.74) is 5.38. The lowest BCUT2D eigenvalue weighted by atomic mass is 10.0. The van der Waals surface area contributed by atoms with Crippen LogP contribution in [0.25, 0.3) is 0 Å². The highest BCUT2D eigenvalue weighted by molar-refractivity contribution is 14.0. The van der Waals surface area contributed by atoms with E-state index in [9.17, 15) is 0 Å². The number of aromatic nitrogens is 2. The number of nitrogens with one attached hydrogen (secondary N) is 1. The van der Waals surface area contributed by atoms with Crippen LogP contribution in [0, 0.1) is 0 Å². The molecule has 5 nitrogen and oxygen atoms in total. The third-order valence-electron chi connectivity index (χ3n) is 5.04. The van der Waals surface area contributed by atoms with Crippen molar-refractivity contribution in [1.82, 2.24) is 19.8 Å². The molecule has 4 rings (SSSR count). The molecule has 6 heteroatoms. The average molecular weight is 487 g/mol. The summed E-state index contributed by atoms with van der Waals surface area (Å²) >= 11 is 0. The van der Waals surface area contributed by atoms with Gasteiger partial charge >= 0.3 is 0 Å². The highest BCUT2D eigenvalue weighted by Crippen LogP contribution is 2.18. The SMILES string of the molecule is CN=C(NCc1ccc(Cn2ccnc2)cc1)N1CCc2ccccc2C1.I. The molecule has 0 saturated carbocycles. The molecule has 28 heavy (non-hydrogen) atoms. The standard InChI is InChI=1S/C22H25N5.HI/c1-23-22(27-12-10-20-4-2-3-5-21(20)16-27)25-14-18-6-8-19(9-7-18)15-26-13-11-24-17-26;/h2-9,11,13,17H,10,12,14-16H2,1H3,(H,23,25);1H. The number of benzene rings is 2. The Morgan fingerprint density at radius 3 is 2.54 bits per heavy atom. The van der Waals surface area contributed by atoms with Gasteiger partial charge in [-0.2, -0.15) is 0 Å². The van der Waals surface area contributed by atoms with Crippen LogP contribution in [0.1, 0.15) is 22.3 Å². The Morgan fingerprint density at radius 1 is 1.07 bits per heavy atom. The maximum Gasteiger partial charge on any atom is 0.194 e. The van der Waals surface area contributed by atoms with Gasteiger partial charge in [0.05, 0.1) is 6.33 Å². The van der Waals surface area contributed by atoms with E-state index >= 15 is 0 Å². The van der Waals surface area contributed by atoms with Crippen molar-refractivity contribution in [2.45, 2.75) is 26.1 Å². The van der Waals surface area contributed by atoms with Gasteiger partial charge in [-0.3, -0.25) is 4.99 Å². The Hall–Kier alpha value is -2.35. The van der Waals surface area contributed by atoms with Crippen molar-refractivity contribution in [2.24, 2.45) is 4.99 Å². The van der Waals surface area contributed by atoms with Gasteiger partial charge in [0.1, 0.15) is 0 Å². The summed E-state index contributed by atoms with van der Waals surface area (Å²) in [6.45, 7) is 3.54. The summed E-state index contributed by atoms with van der Waals surface area (Å²) in [6.07, 6.45) is 6.70. The Labute approximate surface area is 183 Å². The van der Waals surface area contributed by atoms with Crippen LogP contribution < -0.4 is 5.32 Å². The second kappa shape index (κ2) is 9.73. The summed E-state index contributed by atoms with van der Waals surface area (Å²) in [5, 5.41) is 3.51. The number of nitrogens with zero attached hydrogens (tertiary/aromatic N) is 4. The molecule has 3 aromatic rings. The second-order valence-electron chi connectivity index (χ2n) is 6.89. The summed E-state index contributed by atoms with van der Waals surface area (Å²) in [6, 6.07) is 17.4. The summed E-state index contributed by atoms with van der Waals surface area (Å²) in [4.78, 5) is 10.9. The molecule has 0 atom stereocenters. The van der Waals surface area contributed by atoms with Crippen molar-refractivity contribution in [3.05, 3.63) is 89.5 Å². The smallest absolute Gasteiger partial charge is 0.194 e. The fourth-order valence-electron chi connectivity index (χ4n) is 3.54. The van der Waals surface area contributed by atoms with Gasteiger partial charge in [0.15, 0.2) is 5.96 Å². The maximum absolute atomic E-state index is 4.49. The van der Waals surface area contributed by atoms with E-state index in [1.165, 1.54) is 22.3 Å². The number of rotatable bonds is 4. The number of fused-ring (bicyclic) bond motifs is 1. The summed E-state index contributed by atoms with van der Waals surface area (Å²) < 4.78 is 2.07. The molecule has 0 unspecified atom stereocenters. The predicted octanol–water partition coefficient (Wildman–Crippen LogP) is 3.68. The number of imidazole rings is 1. The lowest BCUT2D eigenvalue weighted by molar-refractivity contribution is 0.378. The number of hydrogen-bond donors (Lipinski definition) is 1. The first-order chi connectivity index (χ1) is 13.3. The Bertz CT molecular complexity index is 903. The van der Waals surface area contributed by atoms with Gasteiger partial charge in [0.25, 0.3) is 0 Å². The van der Waals surface area contributed by atoms with Crippen molar-refractivity contribution >= 4 is 29.9 Å².